The largest absolute Gasteiger partial charge is 0.399 e. The van der Waals surface area contributed by atoms with Crippen LogP contribution in [0.1, 0.15) is 0 Å². The van der Waals surface area contributed by atoms with E-state index in [0.29, 0.717) is 0 Å². The van der Waals surface area contributed by atoms with Gasteiger partial charge in [-0.25, -0.2) is 0 Å². The Balaban J connectivity index is 1.92. The molecule has 5 aromatic rings. The molecule has 24 heavy (non-hydrogen) atoms. The van der Waals surface area contributed by atoms with Gasteiger partial charge in [-0.05, 0) is 47.2 Å². The molecular formula is C22H16N2. The van der Waals surface area contributed by atoms with Crippen molar-refractivity contribution in [1.29, 1.82) is 0 Å². The molecule has 2 heteroatoms. The third-order valence-corrected chi connectivity index (χ3v) is 4.69. The van der Waals surface area contributed by atoms with Crippen molar-refractivity contribution in [2.45, 2.75) is 0 Å². The predicted molar refractivity (Wildman–Crippen MR) is 103 cm³/mol. The summed E-state index contributed by atoms with van der Waals surface area (Å²) in [5.74, 6) is 0. The van der Waals surface area contributed by atoms with E-state index in [-0.39, 0.29) is 0 Å². The second kappa shape index (κ2) is 4.87. The van der Waals surface area contributed by atoms with Gasteiger partial charge in [0.15, 0.2) is 0 Å². The number of nitrogens with two attached hydrogens (primary N) is 1. The summed E-state index contributed by atoms with van der Waals surface area (Å²) in [7, 11) is 0. The van der Waals surface area contributed by atoms with E-state index in [1.54, 1.807) is 0 Å². The maximum atomic E-state index is 6.03. The van der Waals surface area contributed by atoms with E-state index < -0.39 is 0 Å². The van der Waals surface area contributed by atoms with Crippen LogP contribution in [0.15, 0.2) is 84.9 Å². The Morgan fingerprint density at radius 3 is 2.25 bits per heavy atom. The molecule has 2 nitrogen and oxygen atoms in total. The van der Waals surface area contributed by atoms with Crippen LogP contribution < -0.4 is 5.73 Å². The Morgan fingerprint density at radius 1 is 0.583 bits per heavy atom. The Labute approximate surface area is 139 Å². The molecule has 0 bridgehead atoms. The summed E-state index contributed by atoms with van der Waals surface area (Å²) in [4.78, 5) is 0. The number of rotatable bonds is 1. The second-order valence-electron chi connectivity index (χ2n) is 6.16. The first kappa shape index (κ1) is 13.2. The van der Waals surface area contributed by atoms with Gasteiger partial charge >= 0.3 is 0 Å². The number of anilines is 1. The molecule has 2 N–H and O–H groups in total. The highest BCUT2D eigenvalue weighted by Gasteiger charge is 2.12. The maximum Gasteiger partial charge on any atom is 0.0542 e. The lowest BCUT2D eigenvalue weighted by Crippen LogP contribution is -1.94. The Kier molecular flexibility index (Phi) is 2.68. The second-order valence-corrected chi connectivity index (χ2v) is 6.16. The van der Waals surface area contributed by atoms with Gasteiger partial charge in [0.1, 0.15) is 0 Å². The molecule has 0 fully saturated rings. The van der Waals surface area contributed by atoms with Crippen LogP contribution in [0.25, 0.3) is 38.3 Å². The predicted octanol–water partition coefficient (Wildman–Crippen LogP) is 5.52. The average molecular weight is 308 g/mol. The molecule has 1 aromatic heterocycles. The molecule has 0 aliphatic heterocycles. The normalized spacial score (nSPS) is 11.5. The van der Waals surface area contributed by atoms with Crippen molar-refractivity contribution >= 4 is 38.3 Å². The van der Waals surface area contributed by atoms with E-state index in [0.717, 1.165) is 5.69 Å². The number of hydrogen-bond donors (Lipinski definition) is 1. The van der Waals surface area contributed by atoms with Crippen LogP contribution in [0.4, 0.5) is 5.69 Å². The van der Waals surface area contributed by atoms with E-state index in [9.17, 15) is 0 Å². The monoisotopic (exact) mass is 308 g/mol. The molecule has 114 valence electrons. The minimum Gasteiger partial charge on any atom is -0.399 e. The van der Waals surface area contributed by atoms with Gasteiger partial charge in [-0.3, -0.25) is 0 Å². The van der Waals surface area contributed by atoms with E-state index in [1.807, 2.05) is 6.07 Å². The zero-order chi connectivity index (χ0) is 16.1. The lowest BCUT2D eigenvalue weighted by molar-refractivity contribution is 1.19. The fraction of sp³-hybridized carbons (Fsp3) is 0. The van der Waals surface area contributed by atoms with E-state index in [4.69, 9.17) is 5.73 Å². The molecular weight excluding hydrogens is 292 g/mol. The van der Waals surface area contributed by atoms with Gasteiger partial charge in [-0.15, -0.1) is 0 Å². The van der Waals surface area contributed by atoms with Crippen molar-refractivity contribution < 1.29 is 0 Å². The standard InChI is InChI=1S/C22H16N2/c23-17-10-12-22-20(14-17)19-7-3-4-8-21(19)24(22)18-11-9-15-5-1-2-6-16(15)13-18/h1-14H,23H2. The summed E-state index contributed by atoms with van der Waals surface area (Å²) in [6, 6.07) is 29.7. The molecule has 5 rings (SSSR count). The number of hydrogen-bond acceptors (Lipinski definition) is 1. The Morgan fingerprint density at radius 2 is 1.33 bits per heavy atom. The van der Waals surface area contributed by atoms with Gasteiger partial charge < -0.3 is 10.3 Å². The van der Waals surface area contributed by atoms with Crippen LogP contribution in [0.5, 0.6) is 0 Å². The van der Waals surface area contributed by atoms with Gasteiger partial charge in [0.25, 0.3) is 0 Å². The summed E-state index contributed by atoms with van der Waals surface area (Å²) in [6.45, 7) is 0. The Bertz CT molecular complexity index is 1210. The number of nitrogen functional groups attached to an aromatic ring is 1. The SMILES string of the molecule is Nc1ccc2c(c1)c1ccccc1n2-c1ccc2ccccc2c1. The molecule has 0 aliphatic rings. The van der Waals surface area contributed by atoms with Crippen LogP contribution in [0.2, 0.25) is 0 Å². The van der Waals surface area contributed by atoms with Crippen LogP contribution >= 0.6 is 0 Å². The molecule has 0 spiro atoms. The molecule has 0 radical (unpaired) electrons. The van der Waals surface area contributed by atoms with Crippen LogP contribution in [-0.2, 0) is 0 Å². The highest BCUT2D eigenvalue weighted by atomic mass is 15.0. The zero-order valence-corrected chi connectivity index (χ0v) is 13.1. The Hall–Kier alpha value is -3.26. The average Bonchev–Trinajstić information content (AvgIpc) is 2.95. The minimum absolute atomic E-state index is 0.795. The minimum atomic E-state index is 0.795. The number of benzene rings is 4. The fourth-order valence-electron chi connectivity index (χ4n) is 3.58. The lowest BCUT2D eigenvalue weighted by Gasteiger charge is -2.09. The molecule has 0 amide bonds. The van der Waals surface area contributed by atoms with E-state index >= 15 is 0 Å². The maximum absolute atomic E-state index is 6.03. The van der Waals surface area contributed by atoms with Gasteiger partial charge in [-0.2, -0.15) is 0 Å². The molecule has 0 saturated carbocycles. The van der Waals surface area contributed by atoms with Gasteiger partial charge in [0, 0.05) is 22.1 Å². The fourth-order valence-corrected chi connectivity index (χ4v) is 3.58. The highest BCUT2D eigenvalue weighted by molar-refractivity contribution is 6.10. The molecule has 4 aromatic carbocycles. The molecule has 0 aliphatic carbocycles. The molecule has 0 unspecified atom stereocenters. The van der Waals surface area contributed by atoms with Crippen molar-refractivity contribution in [2.24, 2.45) is 0 Å². The number of fused-ring (bicyclic) bond motifs is 4. The van der Waals surface area contributed by atoms with Gasteiger partial charge in [0.05, 0.1) is 11.0 Å². The van der Waals surface area contributed by atoms with Crippen molar-refractivity contribution in [3.63, 3.8) is 0 Å². The third kappa shape index (κ3) is 1.83. The van der Waals surface area contributed by atoms with Crippen molar-refractivity contribution in [3.05, 3.63) is 84.9 Å². The quantitative estimate of drug-likeness (QED) is 0.406. The number of aromatic nitrogens is 1. The summed E-state index contributed by atoms with van der Waals surface area (Å²) in [5, 5.41) is 4.93. The third-order valence-electron chi connectivity index (χ3n) is 4.69. The van der Waals surface area contributed by atoms with Crippen molar-refractivity contribution in [1.82, 2.24) is 4.57 Å². The first-order valence-corrected chi connectivity index (χ1v) is 8.09. The first-order chi connectivity index (χ1) is 11.8. The summed E-state index contributed by atoms with van der Waals surface area (Å²) in [5.41, 5.74) is 10.4. The van der Waals surface area contributed by atoms with Crippen molar-refractivity contribution in [3.8, 4) is 5.69 Å². The molecule has 0 atom stereocenters. The summed E-state index contributed by atoms with van der Waals surface area (Å²) < 4.78 is 2.32. The lowest BCUT2D eigenvalue weighted by atomic mass is 10.1. The topological polar surface area (TPSA) is 30.9 Å². The number of para-hydroxylation sites is 1. The first-order valence-electron chi connectivity index (χ1n) is 8.09. The van der Waals surface area contributed by atoms with Gasteiger partial charge in [0.2, 0.25) is 0 Å². The van der Waals surface area contributed by atoms with Crippen LogP contribution in [0, 0.1) is 0 Å². The van der Waals surface area contributed by atoms with Crippen LogP contribution in [0.3, 0.4) is 0 Å². The van der Waals surface area contributed by atoms with E-state index in [2.05, 4.69) is 83.4 Å². The summed E-state index contributed by atoms with van der Waals surface area (Å²) >= 11 is 0. The zero-order valence-electron chi connectivity index (χ0n) is 13.1. The smallest absolute Gasteiger partial charge is 0.0542 e. The highest BCUT2D eigenvalue weighted by Crippen LogP contribution is 2.33. The van der Waals surface area contributed by atoms with E-state index in [1.165, 1.54) is 38.3 Å². The van der Waals surface area contributed by atoms with Gasteiger partial charge in [-0.1, -0.05) is 48.5 Å². The molecule has 1 heterocycles. The van der Waals surface area contributed by atoms with Crippen molar-refractivity contribution in [2.75, 3.05) is 5.73 Å². The summed E-state index contributed by atoms with van der Waals surface area (Å²) in [6.07, 6.45) is 0. The number of nitrogens with zero attached hydrogens (tertiary/aromatic N) is 1. The molecule has 0 saturated heterocycles. The van der Waals surface area contributed by atoms with Crippen LogP contribution in [-0.4, -0.2) is 4.57 Å².